The molecule has 0 aliphatic carbocycles. The molecule has 0 saturated heterocycles. The van der Waals surface area contributed by atoms with E-state index in [2.05, 4.69) is 15.9 Å². The van der Waals surface area contributed by atoms with Crippen molar-refractivity contribution in [3.63, 3.8) is 0 Å². The Bertz CT molecular complexity index is 737. The van der Waals surface area contributed by atoms with Gasteiger partial charge in [-0.15, -0.1) is 0 Å². The van der Waals surface area contributed by atoms with Crippen molar-refractivity contribution in [2.24, 2.45) is 0 Å². The zero-order chi connectivity index (χ0) is 16.3. The number of carboxylic acids is 1. The highest BCUT2D eigenvalue weighted by Crippen LogP contribution is 2.22. The lowest BCUT2D eigenvalue weighted by molar-refractivity contribution is 0.0695. The van der Waals surface area contributed by atoms with E-state index in [0.29, 0.717) is 6.42 Å². The summed E-state index contributed by atoms with van der Waals surface area (Å²) in [7, 11) is -7.26. The molecule has 0 bridgehead atoms. The number of halogens is 1. The van der Waals surface area contributed by atoms with E-state index in [9.17, 15) is 21.6 Å². The van der Waals surface area contributed by atoms with Crippen molar-refractivity contribution in [2.75, 3.05) is 17.3 Å². The third-order valence-electron chi connectivity index (χ3n) is 2.71. The molecular weight excluding hydrogens is 384 g/mol. The van der Waals surface area contributed by atoms with E-state index >= 15 is 0 Å². The smallest absolute Gasteiger partial charge is 0.336 e. The number of rotatable bonds is 7. The number of carbonyl (C=O) groups is 1. The van der Waals surface area contributed by atoms with E-state index in [1.807, 2.05) is 0 Å². The molecule has 0 aromatic heterocycles. The Labute approximate surface area is 132 Å². The van der Waals surface area contributed by atoms with Gasteiger partial charge in [-0.1, -0.05) is 6.92 Å². The van der Waals surface area contributed by atoms with Crippen molar-refractivity contribution in [3.8, 4) is 0 Å². The number of benzene rings is 1. The average Bonchev–Trinajstić information content (AvgIpc) is 2.36. The lowest BCUT2D eigenvalue weighted by Crippen LogP contribution is -2.19. The Morgan fingerprint density at radius 1 is 1.14 bits per heavy atom. The molecular formula is C12H15BrO6S2. The van der Waals surface area contributed by atoms with Crippen molar-refractivity contribution in [3.05, 3.63) is 28.2 Å². The van der Waals surface area contributed by atoms with Crippen molar-refractivity contribution < 1.29 is 26.7 Å². The number of hydrogen-bond donors (Lipinski definition) is 1. The summed E-state index contributed by atoms with van der Waals surface area (Å²) < 4.78 is 47.6. The maximum absolute atomic E-state index is 12.1. The van der Waals surface area contributed by atoms with Crippen LogP contribution >= 0.6 is 15.9 Å². The standard InChI is InChI=1S/C12H15BrO6S2/c1-2-5-20(16,17)6-7-21(18,19)9-3-4-11(13)10(8-9)12(14)15/h3-4,8H,2,5-7H2,1H3,(H,14,15). The van der Waals surface area contributed by atoms with Gasteiger partial charge in [0.2, 0.25) is 0 Å². The predicted molar refractivity (Wildman–Crippen MR) is 82.1 cm³/mol. The average molecular weight is 399 g/mol. The van der Waals surface area contributed by atoms with Crippen LogP contribution in [0.15, 0.2) is 27.6 Å². The van der Waals surface area contributed by atoms with Gasteiger partial charge >= 0.3 is 5.97 Å². The lowest BCUT2D eigenvalue weighted by Gasteiger charge is -2.07. The van der Waals surface area contributed by atoms with Gasteiger partial charge in [0.05, 0.1) is 22.0 Å². The molecule has 0 radical (unpaired) electrons. The number of hydrogen-bond acceptors (Lipinski definition) is 5. The third kappa shape index (κ3) is 5.08. The van der Waals surface area contributed by atoms with E-state index < -0.39 is 37.1 Å². The second-order valence-corrected chi connectivity index (χ2v) is 9.68. The van der Waals surface area contributed by atoms with Gasteiger partial charge in [0.1, 0.15) is 0 Å². The fourth-order valence-electron chi connectivity index (χ4n) is 1.63. The van der Waals surface area contributed by atoms with Gasteiger partial charge in [-0.25, -0.2) is 21.6 Å². The fraction of sp³-hybridized carbons (Fsp3) is 0.417. The molecule has 0 atom stereocenters. The van der Waals surface area contributed by atoms with Crippen LogP contribution in [0.2, 0.25) is 0 Å². The summed E-state index contributed by atoms with van der Waals surface area (Å²) in [5.74, 6) is -2.36. The van der Waals surface area contributed by atoms with Gasteiger partial charge in [-0.3, -0.25) is 0 Å². The first kappa shape index (κ1) is 18.1. The molecule has 118 valence electrons. The molecule has 1 aromatic rings. The van der Waals surface area contributed by atoms with Crippen LogP contribution in [0.1, 0.15) is 23.7 Å². The largest absolute Gasteiger partial charge is 0.478 e. The minimum absolute atomic E-state index is 0.0662. The van der Waals surface area contributed by atoms with E-state index in [1.54, 1.807) is 6.92 Å². The van der Waals surface area contributed by atoms with Crippen LogP contribution in [-0.2, 0) is 19.7 Å². The van der Waals surface area contributed by atoms with E-state index in [4.69, 9.17) is 5.11 Å². The molecule has 1 N–H and O–H groups in total. The summed E-state index contributed by atoms with van der Waals surface area (Å²) in [5.41, 5.74) is -0.188. The van der Waals surface area contributed by atoms with Gasteiger partial charge in [0, 0.05) is 10.2 Å². The van der Waals surface area contributed by atoms with Gasteiger partial charge in [0.15, 0.2) is 19.7 Å². The second kappa shape index (κ2) is 6.89. The Morgan fingerprint density at radius 3 is 2.29 bits per heavy atom. The molecule has 1 aromatic carbocycles. The number of sulfone groups is 2. The Kier molecular flexibility index (Phi) is 5.94. The second-order valence-electron chi connectivity index (χ2n) is 4.42. The number of carboxylic acid groups (broad SMARTS) is 1. The molecule has 0 heterocycles. The minimum Gasteiger partial charge on any atom is -0.478 e. The lowest BCUT2D eigenvalue weighted by atomic mass is 10.2. The summed E-state index contributed by atoms with van der Waals surface area (Å²) in [6.07, 6.45) is 0.420. The summed E-state index contributed by atoms with van der Waals surface area (Å²) in [5, 5.41) is 8.96. The van der Waals surface area contributed by atoms with Crippen LogP contribution < -0.4 is 0 Å². The number of aromatic carboxylic acids is 1. The highest BCUT2D eigenvalue weighted by atomic mass is 79.9. The van der Waals surface area contributed by atoms with E-state index in [1.165, 1.54) is 12.1 Å². The minimum atomic E-state index is -3.85. The van der Waals surface area contributed by atoms with Crippen molar-refractivity contribution in [2.45, 2.75) is 18.2 Å². The van der Waals surface area contributed by atoms with Gasteiger partial charge in [0.25, 0.3) is 0 Å². The summed E-state index contributed by atoms with van der Waals surface area (Å²) in [4.78, 5) is 10.8. The molecule has 9 heteroatoms. The first-order chi connectivity index (χ1) is 9.59. The molecule has 0 spiro atoms. The SMILES string of the molecule is CCCS(=O)(=O)CCS(=O)(=O)c1ccc(Br)c(C(=O)O)c1. The summed E-state index contributed by atoms with van der Waals surface area (Å²) >= 11 is 3.02. The van der Waals surface area contributed by atoms with E-state index in [0.717, 1.165) is 6.07 Å². The highest BCUT2D eigenvalue weighted by Gasteiger charge is 2.21. The molecule has 0 saturated carbocycles. The first-order valence-corrected chi connectivity index (χ1v) is 10.3. The maximum Gasteiger partial charge on any atom is 0.336 e. The highest BCUT2D eigenvalue weighted by molar-refractivity contribution is 9.10. The molecule has 0 unspecified atom stereocenters. The third-order valence-corrected chi connectivity index (χ3v) is 7.23. The van der Waals surface area contributed by atoms with Gasteiger partial charge < -0.3 is 5.11 Å². The van der Waals surface area contributed by atoms with Gasteiger partial charge in [-0.2, -0.15) is 0 Å². The normalized spacial score (nSPS) is 12.3. The zero-order valence-electron chi connectivity index (χ0n) is 11.2. The molecule has 1 rings (SSSR count). The Balaban J connectivity index is 3.04. The Hall–Kier alpha value is -0.930. The van der Waals surface area contributed by atoms with Crippen LogP contribution in [0.3, 0.4) is 0 Å². The molecule has 0 aliphatic rings. The van der Waals surface area contributed by atoms with Crippen LogP contribution in [0, 0.1) is 0 Å². The molecule has 0 amide bonds. The van der Waals surface area contributed by atoms with E-state index in [-0.39, 0.29) is 20.7 Å². The predicted octanol–water partition coefficient (Wildman–Crippen LogP) is 1.75. The van der Waals surface area contributed by atoms with Crippen molar-refractivity contribution in [1.29, 1.82) is 0 Å². The molecule has 6 nitrogen and oxygen atoms in total. The fourth-order valence-corrected chi connectivity index (χ4v) is 5.57. The topological polar surface area (TPSA) is 106 Å². The first-order valence-electron chi connectivity index (χ1n) is 6.05. The van der Waals surface area contributed by atoms with Crippen LogP contribution in [-0.4, -0.2) is 45.2 Å². The maximum atomic E-state index is 12.1. The van der Waals surface area contributed by atoms with Crippen molar-refractivity contribution in [1.82, 2.24) is 0 Å². The van der Waals surface area contributed by atoms with Crippen LogP contribution in [0.25, 0.3) is 0 Å². The molecule has 0 aliphatic heterocycles. The zero-order valence-corrected chi connectivity index (χ0v) is 14.5. The Morgan fingerprint density at radius 2 is 1.76 bits per heavy atom. The molecule has 0 fully saturated rings. The van der Waals surface area contributed by atoms with Crippen molar-refractivity contribution >= 4 is 41.6 Å². The summed E-state index contributed by atoms with van der Waals surface area (Å²) in [6, 6.07) is 3.59. The molecule has 21 heavy (non-hydrogen) atoms. The monoisotopic (exact) mass is 398 g/mol. The van der Waals surface area contributed by atoms with Gasteiger partial charge in [-0.05, 0) is 40.5 Å². The summed E-state index contributed by atoms with van der Waals surface area (Å²) in [6.45, 7) is 1.69. The van der Waals surface area contributed by atoms with Crippen LogP contribution in [0.5, 0.6) is 0 Å². The van der Waals surface area contributed by atoms with Crippen LogP contribution in [0.4, 0.5) is 0 Å². The quantitative estimate of drug-likeness (QED) is 0.749.